The molecule has 4 aromatic rings. The van der Waals surface area contributed by atoms with E-state index in [2.05, 4.69) is 146 Å². The monoisotopic (exact) mass is 633 g/mol. The van der Waals surface area contributed by atoms with Crippen LogP contribution < -0.4 is 25.7 Å². The van der Waals surface area contributed by atoms with Gasteiger partial charge in [-0.3, -0.25) is 0 Å². The topological polar surface area (TPSA) is 6.48 Å². The van der Waals surface area contributed by atoms with Gasteiger partial charge in [0.15, 0.2) is 0 Å². The Morgan fingerprint density at radius 3 is 1.06 bits per heavy atom. The second-order valence-electron chi connectivity index (χ2n) is 7.30. The van der Waals surface area contributed by atoms with Crippen LogP contribution >= 0.6 is 7.92 Å². The summed E-state index contributed by atoms with van der Waals surface area (Å²) in [5.74, 6) is 0. The summed E-state index contributed by atoms with van der Waals surface area (Å²) in [6.07, 6.45) is 0. The van der Waals surface area contributed by atoms with Gasteiger partial charge in [0.25, 0.3) is 0 Å². The standard InChI is InChI=1S/C18H15P.C9H11N2.2CH3.Ir/c1-4-10-16(11-5-1)19(17-12-6-2-7-13-17)18-14-8-3-9-15-18;1-10-7-11(2)9-6-4-3-5-8(9)10;;;/h1-15H;3-7H,1-2H3;2*1H3;/q;3*-1;/p+1. The van der Waals surface area contributed by atoms with Gasteiger partial charge in [0.05, 0.1) is 7.92 Å². The van der Waals surface area contributed by atoms with Gasteiger partial charge in [-0.25, -0.2) is 0 Å². The van der Waals surface area contributed by atoms with E-state index in [0.29, 0.717) is 0 Å². The molecule has 175 valence electrons. The molecular formula is C29H33IrN2P-2. The van der Waals surface area contributed by atoms with Crippen molar-refractivity contribution in [3.05, 3.63) is 137 Å². The first kappa shape index (κ1) is 28.6. The molecule has 0 fully saturated rings. The zero-order valence-electron chi connectivity index (χ0n) is 19.8. The van der Waals surface area contributed by atoms with Crippen molar-refractivity contribution in [2.75, 3.05) is 23.9 Å². The van der Waals surface area contributed by atoms with E-state index < -0.39 is 7.92 Å². The molecule has 0 amide bonds. The first-order chi connectivity index (χ1) is 14.7. The van der Waals surface area contributed by atoms with Gasteiger partial charge in [0.2, 0.25) is 0 Å². The zero-order chi connectivity index (χ0) is 20.8. The largest absolute Gasteiger partial charge is 0.504 e. The Morgan fingerprint density at radius 2 is 0.758 bits per heavy atom. The molecule has 1 radical (unpaired) electrons. The molecule has 1 heterocycles. The predicted molar refractivity (Wildman–Crippen MR) is 147 cm³/mol. The molecule has 0 N–H and O–H groups in total. The summed E-state index contributed by atoms with van der Waals surface area (Å²) < 4.78 is 0. The third kappa shape index (κ3) is 7.02. The van der Waals surface area contributed by atoms with Crippen molar-refractivity contribution in [3.63, 3.8) is 0 Å². The molecule has 0 bridgehead atoms. The Labute approximate surface area is 215 Å². The SMILES string of the molecule is CN1[CH-]N(C)c2ccccc21.[CH3-].[CH3-].[Ir].c1ccc([PH+](c2ccccc2)c2ccccc2)cc1. The summed E-state index contributed by atoms with van der Waals surface area (Å²) in [5, 5.41) is 4.31. The minimum Gasteiger partial charge on any atom is -0.504 e. The molecule has 4 heteroatoms. The summed E-state index contributed by atoms with van der Waals surface area (Å²) in [4.78, 5) is 4.24. The number of fused-ring (bicyclic) bond motifs is 1. The third-order valence-corrected chi connectivity index (χ3v) is 7.91. The Kier molecular flexibility index (Phi) is 12.1. The predicted octanol–water partition coefficient (Wildman–Crippen LogP) is 5.77. The summed E-state index contributed by atoms with van der Waals surface area (Å²) >= 11 is 0. The Bertz CT molecular complexity index is 938. The second kappa shape index (κ2) is 14.0. The first-order valence-electron chi connectivity index (χ1n) is 10.2. The quantitative estimate of drug-likeness (QED) is 0.209. The number of hydrogen-bond donors (Lipinski definition) is 0. The van der Waals surface area contributed by atoms with Crippen LogP contribution in [0.5, 0.6) is 0 Å². The fourth-order valence-corrected chi connectivity index (χ4v) is 6.34. The van der Waals surface area contributed by atoms with Gasteiger partial charge in [-0.05, 0) is 62.6 Å². The van der Waals surface area contributed by atoms with Gasteiger partial charge in [0, 0.05) is 31.5 Å². The number of benzene rings is 4. The summed E-state index contributed by atoms with van der Waals surface area (Å²) in [7, 11) is 3.24. The molecule has 0 saturated carbocycles. The maximum atomic E-state index is 2.24. The second-order valence-corrected chi connectivity index (χ2v) is 9.78. The van der Waals surface area contributed by atoms with Crippen molar-refractivity contribution < 1.29 is 20.1 Å². The summed E-state index contributed by atoms with van der Waals surface area (Å²) in [6, 6.07) is 40.9. The van der Waals surface area contributed by atoms with Crippen molar-refractivity contribution in [1.82, 2.24) is 0 Å². The van der Waals surface area contributed by atoms with Crippen LogP contribution in [-0.4, -0.2) is 14.1 Å². The molecule has 2 nitrogen and oxygen atoms in total. The van der Waals surface area contributed by atoms with E-state index in [1.54, 1.807) is 0 Å². The molecule has 1 aliphatic rings. The minimum absolute atomic E-state index is 0. The molecule has 1 aliphatic heterocycles. The number of rotatable bonds is 3. The van der Waals surface area contributed by atoms with Gasteiger partial charge in [-0.15, -0.1) is 0 Å². The number of nitrogens with zero attached hydrogens (tertiary/aromatic N) is 2. The summed E-state index contributed by atoms with van der Waals surface area (Å²) in [6.45, 7) is 2.07. The van der Waals surface area contributed by atoms with Crippen LogP contribution in [0.15, 0.2) is 115 Å². The van der Waals surface area contributed by atoms with Gasteiger partial charge >= 0.3 is 0 Å². The number of anilines is 2. The molecule has 0 saturated heterocycles. The van der Waals surface area contributed by atoms with Gasteiger partial charge in [-0.2, -0.15) is 6.67 Å². The van der Waals surface area contributed by atoms with Crippen LogP contribution in [0, 0.1) is 21.5 Å². The van der Waals surface area contributed by atoms with E-state index in [0.717, 1.165) is 0 Å². The van der Waals surface area contributed by atoms with E-state index >= 15 is 0 Å². The van der Waals surface area contributed by atoms with Crippen LogP contribution in [0.3, 0.4) is 0 Å². The smallest absolute Gasteiger partial charge is 0.102 e. The van der Waals surface area contributed by atoms with Crippen LogP contribution in [-0.2, 0) is 20.1 Å². The molecule has 33 heavy (non-hydrogen) atoms. The molecule has 0 aliphatic carbocycles. The van der Waals surface area contributed by atoms with Gasteiger partial charge in [0.1, 0.15) is 15.9 Å². The molecule has 4 aromatic carbocycles. The molecular weight excluding hydrogens is 600 g/mol. The normalized spacial score (nSPS) is 11.2. The first-order valence-corrected chi connectivity index (χ1v) is 11.7. The van der Waals surface area contributed by atoms with E-state index in [1.165, 1.54) is 27.3 Å². The van der Waals surface area contributed by atoms with Crippen molar-refractivity contribution in [2.45, 2.75) is 0 Å². The minimum atomic E-state index is -0.877. The summed E-state index contributed by atoms with van der Waals surface area (Å²) in [5.41, 5.74) is 2.55. The van der Waals surface area contributed by atoms with Gasteiger partial charge in [-0.1, -0.05) is 66.7 Å². The Morgan fingerprint density at radius 1 is 0.485 bits per heavy atom. The third-order valence-electron chi connectivity index (χ3n) is 5.18. The molecule has 0 spiro atoms. The maximum Gasteiger partial charge on any atom is 0.102 e. The fourth-order valence-electron chi connectivity index (χ4n) is 3.76. The van der Waals surface area contributed by atoms with E-state index in [4.69, 9.17) is 0 Å². The maximum absolute atomic E-state index is 2.24. The fraction of sp³-hybridized carbons (Fsp3) is 0.0690. The molecule has 0 atom stereocenters. The van der Waals surface area contributed by atoms with Crippen molar-refractivity contribution in [2.24, 2.45) is 0 Å². The molecule has 0 aromatic heterocycles. The molecule has 5 rings (SSSR count). The molecule has 0 unspecified atom stereocenters. The Balaban J connectivity index is 0.000000337. The van der Waals surface area contributed by atoms with E-state index in [1.807, 2.05) is 0 Å². The van der Waals surface area contributed by atoms with E-state index in [-0.39, 0.29) is 35.0 Å². The van der Waals surface area contributed by atoms with Crippen LogP contribution in [0.1, 0.15) is 0 Å². The van der Waals surface area contributed by atoms with Crippen molar-refractivity contribution in [1.29, 1.82) is 0 Å². The zero-order valence-corrected chi connectivity index (χ0v) is 23.2. The number of hydrogen-bond acceptors (Lipinski definition) is 2. The van der Waals surface area contributed by atoms with Crippen LogP contribution in [0.25, 0.3) is 0 Å². The average molecular weight is 633 g/mol. The van der Waals surface area contributed by atoms with Crippen molar-refractivity contribution in [3.8, 4) is 0 Å². The van der Waals surface area contributed by atoms with E-state index in [9.17, 15) is 0 Å². The van der Waals surface area contributed by atoms with Gasteiger partial charge < -0.3 is 24.7 Å². The van der Waals surface area contributed by atoms with Crippen molar-refractivity contribution >= 4 is 35.2 Å². The Hall–Kier alpha value is -2.44. The van der Waals surface area contributed by atoms with Crippen LogP contribution in [0.2, 0.25) is 0 Å². The number of para-hydroxylation sites is 2. The van der Waals surface area contributed by atoms with Crippen LogP contribution in [0.4, 0.5) is 11.4 Å². The average Bonchev–Trinajstić information content (AvgIpc) is 3.10.